The molecule has 10 nitrogen and oxygen atoms in total. The monoisotopic (exact) mass is 433 g/mol. The molecule has 0 spiro atoms. The SMILES string of the molecule is Cc1nn(C)c(C)c1/C=C/C(=O)N1CCN(S(=O)(=O)c2ccc([N+](=O)[O-])cc2)CC1. The first-order valence-corrected chi connectivity index (χ1v) is 10.8. The summed E-state index contributed by atoms with van der Waals surface area (Å²) >= 11 is 0. The van der Waals surface area contributed by atoms with E-state index < -0.39 is 14.9 Å². The molecule has 0 bridgehead atoms. The summed E-state index contributed by atoms with van der Waals surface area (Å²) in [5.74, 6) is -0.190. The lowest BCUT2D eigenvalue weighted by molar-refractivity contribution is -0.384. The van der Waals surface area contributed by atoms with Crippen LogP contribution >= 0.6 is 0 Å². The molecular formula is C19H23N5O5S. The first-order chi connectivity index (χ1) is 14.1. The second-order valence-electron chi connectivity index (χ2n) is 7.02. The molecule has 1 aromatic carbocycles. The standard InChI is InChI=1S/C19H23N5O5S/c1-14-18(15(2)21(3)20-14)8-9-19(25)22-10-12-23(13-11-22)30(28,29)17-6-4-16(5-7-17)24(26)27/h4-9H,10-13H2,1-3H3/b9-8+. The van der Waals surface area contributed by atoms with E-state index in [2.05, 4.69) is 5.10 Å². The van der Waals surface area contributed by atoms with Gasteiger partial charge in [-0.15, -0.1) is 0 Å². The van der Waals surface area contributed by atoms with Crippen molar-refractivity contribution in [3.8, 4) is 0 Å². The van der Waals surface area contributed by atoms with Gasteiger partial charge in [0.25, 0.3) is 5.69 Å². The van der Waals surface area contributed by atoms with Crippen LogP contribution in [0.1, 0.15) is 17.0 Å². The Labute approximate surface area is 174 Å². The molecule has 1 aromatic heterocycles. The first kappa shape index (κ1) is 21.7. The second kappa shape index (κ2) is 8.36. The fraction of sp³-hybridized carbons (Fsp3) is 0.368. The summed E-state index contributed by atoms with van der Waals surface area (Å²) in [6.07, 6.45) is 3.22. The first-order valence-electron chi connectivity index (χ1n) is 9.33. The van der Waals surface area contributed by atoms with Crippen LogP contribution in [-0.4, -0.2) is 64.4 Å². The number of non-ortho nitro benzene ring substituents is 1. The minimum Gasteiger partial charge on any atom is -0.337 e. The Bertz CT molecular complexity index is 1100. The maximum absolute atomic E-state index is 12.8. The van der Waals surface area contributed by atoms with Gasteiger partial charge in [-0.25, -0.2) is 8.42 Å². The van der Waals surface area contributed by atoms with Gasteiger partial charge in [-0.1, -0.05) is 0 Å². The Balaban J connectivity index is 1.64. The third kappa shape index (κ3) is 4.26. The van der Waals surface area contributed by atoms with Crippen molar-refractivity contribution in [2.45, 2.75) is 18.7 Å². The number of aromatic nitrogens is 2. The molecule has 11 heteroatoms. The number of aryl methyl sites for hydroxylation is 2. The summed E-state index contributed by atoms with van der Waals surface area (Å²) in [6, 6.07) is 4.79. The molecule has 1 saturated heterocycles. The van der Waals surface area contributed by atoms with E-state index in [9.17, 15) is 23.3 Å². The number of carbonyl (C=O) groups is 1. The van der Waals surface area contributed by atoms with Crippen molar-refractivity contribution in [1.82, 2.24) is 19.0 Å². The number of amides is 1. The van der Waals surface area contributed by atoms with Gasteiger partial charge >= 0.3 is 0 Å². The number of rotatable bonds is 5. The summed E-state index contributed by atoms with van der Waals surface area (Å²) in [4.78, 5) is 24.3. The number of nitro groups is 1. The van der Waals surface area contributed by atoms with Crippen LogP contribution in [0.15, 0.2) is 35.2 Å². The van der Waals surface area contributed by atoms with E-state index in [4.69, 9.17) is 0 Å². The number of nitro benzene ring substituents is 1. The van der Waals surface area contributed by atoms with Gasteiger partial charge in [0, 0.05) is 62.7 Å². The molecule has 30 heavy (non-hydrogen) atoms. The molecule has 1 aliphatic rings. The third-order valence-electron chi connectivity index (χ3n) is 5.19. The second-order valence-corrected chi connectivity index (χ2v) is 8.96. The Morgan fingerprint density at radius 3 is 2.23 bits per heavy atom. The van der Waals surface area contributed by atoms with Gasteiger partial charge in [-0.05, 0) is 32.1 Å². The third-order valence-corrected chi connectivity index (χ3v) is 7.11. The predicted molar refractivity (Wildman–Crippen MR) is 110 cm³/mol. The molecule has 0 saturated carbocycles. The zero-order valence-corrected chi connectivity index (χ0v) is 17.8. The summed E-state index contributed by atoms with van der Waals surface area (Å²) < 4.78 is 28.6. The maximum atomic E-state index is 12.8. The van der Waals surface area contributed by atoms with Crippen LogP contribution in [0.2, 0.25) is 0 Å². The fourth-order valence-corrected chi connectivity index (χ4v) is 4.75. The lowest BCUT2D eigenvalue weighted by Crippen LogP contribution is -2.50. The smallest absolute Gasteiger partial charge is 0.269 e. The highest BCUT2D eigenvalue weighted by molar-refractivity contribution is 7.89. The minimum absolute atomic E-state index is 0.00435. The van der Waals surface area contributed by atoms with Crippen molar-refractivity contribution in [2.24, 2.45) is 7.05 Å². The van der Waals surface area contributed by atoms with E-state index in [0.29, 0.717) is 0 Å². The highest BCUT2D eigenvalue weighted by atomic mass is 32.2. The molecule has 1 amide bonds. The van der Waals surface area contributed by atoms with Crippen molar-refractivity contribution in [2.75, 3.05) is 26.2 Å². The topological polar surface area (TPSA) is 119 Å². The molecule has 1 aliphatic heterocycles. The largest absolute Gasteiger partial charge is 0.337 e. The van der Waals surface area contributed by atoms with Crippen LogP contribution in [0.3, 0.4) is 0 Å². The van der Waals surface area contributed by atoms with Crippen molar-refractivity contribution < 1.29 is 18.1 Å². The van der Waals surface area contributed by atoms with E-state index in [1.54, 1.807) is 15.7 Å². The highest BCUT2D eigenvalue weighted by Gasteiger charge is 2.30. The minimum atomic E-state index is -3.77. The van der Waals surface area contributed by atoms with Crippen LogP contribution < -0.4 is 0 Å². The molecule has 2 aromatic rings. The number of hydrogen-bond acceptors (Lipinski definition) is 6. The van der Waals surface area contributed by atoms with Gasteiger partial charge in [0.05, 0.1) is 15.5 Å². The Kier molecular flexibility index (Phi) is 6.04. The quantitative estimate of drug-likeness (QED) is 0.400. The summed E-state index contributed by atoms with van der Waals surface area (Å²) in [7, 11) is -1.93. The molecule has 0 unspecified atom stereocenters. The van der Waals surface area contributed by atoms with Crippen LogP contribution in [-0.2, 0) is 21.9 Å². The Morgan fingerprint density at radius 1 is 1.13 bits per heavy atom. The van der Waals surface area contributed by atoms with Crippen molar-refractivity contribution in [3.05, 3.63) is 57.4 Å². The van der Waals surface area contributed by atoms with Crippen LogP contribution in [0.25, 0.3) is 6.08 Å². The predicted octanol–water partition coefficient (Wildman–Crippen LogP) is 1.49. The number of sulfonamides is 1. The molecule has 0 aliphatic carbocycles. The van der Waals surface area contributed by atoms with Crippen molar-refractivity contribution in [1.29, 1.82) is 0 Å². The van der Waals surface area contributed by atoms with E-state index in [1.807, 2.05) is 20.9 Å². The van der Waals surface area contributed by atoms with E-state index in [0.717, 1.165) is 17.0 Å². The zero-order valence-electron chi connectivity index (χ0n) is 17.0. The normalized spacial score (nSPS) is 15.6. The molecule has 1 fully saturated rings. The van der Waals surface area contributed by atoms with E-state index >= 15 is 0 Å². The summed E-state index contributed by atoms with van der Waals surface area (Å²) in [5, 5.41) is 15.1. The van der Waals surface area contributed by atoms with Crippen LogP contribution in [0.4, 0.5) is 5.69 Å². The fourth-order valence-electron chi connectivity index (χ4n) is 3.33. The van der Waals surface area contributed by atoms with Gasteiger partial charge < -0.3 is 4.90 Å². The molecule has 0 atom stereocenters. The molecule has 0 radical (unpaired) electrons. The van der Waals surface area contributed by atoms with Crippen molar-refractivity contribution >= 4 is 27.7 Å². The van der Waals surface area contributed by atoms with Gasteiger partial charge in [0.15, 0.2) is 0 Å². The highest BCUT2D eigenvalue weighted by Crippen LogP contribution is 2.21. The average Bonchev–Trinajstić information content (AvgIpc) is 2.97. The Morgan fingerprint density at radius 2 is 1.73 bits per heavy atom. The number of piperazine rings is 1. The molecule has 160 valence electrons. The van der Waals surface area contributed by atoms with Gasteiger partial charge in [-0.3, -0.25) is 19.6 Å². The van der Waals surface area contributed by atoms with E-state index in [1.165, 1.54) is 34.6 Å². The number of hydrogen-bond donors (Lipinski definition) is 0. The van der Waals surface area contributed by atoms with Crippen LogP contribution in [0.5, 0.6) is 0 Å². The van der Waals surface area contributed by atoms with Crippen molar-refractivity contribution in [3.63, 3.8) is 0 Å². The van der Waals surface area contributed by atoms with Gasteiger partial charge in [0.1, 0.15) is 0 Å². The zero-order chi connectivity index (χ0) is 22.1. The molecule has 2 heterocycles. The number of carbonyl (C=O) groups excluding carboxylic acids is 1. The molecule has 3 rings (SSSR count). The lowest BCUT2D eigenvalue weighted by atomic mass is 10.2. The lowest BCUT2D eigenvalue weighted by Gasteiger charge is -2.33. The summed E-state index contributed by atoms with van der Waals surface area (Å²) in [5.41, 5.74) is 2.51. The molecule has 0 N–H and O–H groups in total. The average molecular weight is 433 g/mol. The van der Waals surface area contributed by atoms with E-state index in [-0.39, 0.29) is 42.7 Å². The molecular weight excluding hydrogens is 410 g/mol. The maximum Gasteiger partial charge on any atom is 0.269 e. The van der Waals surface area contributed by atoms with Crippen LogP contribution in [0, 0.1) is 24.0 Å². The number of nitrogens with zero attached hydrogens (tertiary/aromatic N) is 5. The number of benzene rings is 1. The van der Waals surface area contributed by atoms with Gasteiger partial charge in [0.2, 0.25) is 15.9 Å². The summed E-state index contributed by atoms with van der Waals surface area (Å²) in [6.45, 7) is 4.64. The Hall–Kier alpha value is -3.05. The van der Waals surface area contributed by atoms with Gasteiger partial charge in [-0.2, -0.15) is 9.40 Å².